The van der Waals surface area contributed by atoms with Crippen LogP contribution < -0.4 is 5.32 Å². The lowest BCUT2D eigenvalue weighted by atomic mass is 10.3. The Morgan fingerprint density at radius 3 is 2.55 bits per heavy atom. The summed E-state index contributed by atoms with van der Waals surface area (Å²) in [7, 11) is 1.93. The molecule has 2 nitrogen and oxygen atoms in total. The molecular formula is C14H15F3N2S. The number of aromatic nitrogens is 1. The number of nitrogens with one attached hydrogen (secondary N) is 1. The quantitative estimate of drug-likeness (QED) is 0.830. The van der Waals surface area contributed by atoms with Gasteiger partial charge in [0.15, 0.2) is 0 Å². The maximum absolute atomic E-state index is 12.3. The Balaban J connectivity index is 2.02. The van der Waals surface area contributed by atoms with Gasteiger partial charge in [0.1, 0.15) is 0 Å². The summed E-state index contributed by atoms with van der Waals surface area (Å²) in [6, 6.07) is 10.9. The summed E-state index contributed by atoms with van der Waals surface area (Å²) in [5.41, 5.74) is 1.79. The number of benzene rings is 1. The minimum absolute atomic E-state index is 0.576. The lowest BCUT2D eigenvalue weighted by molar-refractivity contribution is -0.105. The van der Waals surface area contributed by atoms with Crippen molar-refractivity contribution in [3.05, 3.63) is 48.3 Å². The van der Waals surface area contributed by atoms with Crippen molar-refractivity contribution in [2.75, 3.05) is 11.1 Å². The van der Waals surface area contributed by atoms with E-state index in [0.717, 1.165) is 23.1 Å². The molecule has 20 heavy (non-hydrogen) atoms. The molecule has 1 aromatic heterocycles. The van der Waals surface area contributed by atoms with Crippen LogP contribution in [0.25, 0.3) is 0 Å². The van der Waals surface area contributed by atoms with Gasteiger partial charge in [-0.2, -0.15) is 13.2 Å². The van der Waals surface area contributed by atoms with Gasteiger partial charge in [0.25, 0.3) is 0 Å². The van der Waals surface area contributed by atoms with Crippen molar-refractivity contribution < 1.29 is 13.2 Å². The molecule has 6 heteroatoms. The van der Waals surface area contributed by atoms with E-state index < -0.39 is 11.9 Å². The normalized spacial score (nSPS) is 11.6. The zero-order valence-corrected chi connectivity index (χ0v) is 11.8. The van der Waals surface area contributed by atoms with E-state index in [1.54, 1.807) is 18.2 Å². The third-order valence-electron chi connectivity index (χ3n) is 2.79. The van der Waals surface area contributed by atoms with Crippen molar-refractivity contribution in [3.63, 3.8) is 0 Å². The van der Waals surface area contributed by atoms with Crippen LogP contribution in [-0.4, -0.2) is 16.5 Å². The fraction of sp³-hybridized carbons (Fsp3) is 0.286. The first-order valence-corrected chi connectivity index (χ1v) is 7.07. The zero-order chi connectivity index (χ0) is 14.6. The van der Waals surface area contributed by atoms with Crippen LogP contribution in [0.2, 0.25) is 0 Å². The molecule has 0 radical (unpaired) electrons. The minimum atomic E-state index is -4.16. The van der Waals surface area contributed by atoms with Crippen molar-refractivity contribution >= 4 is 17.4 Å². The molecule has 1 heterocycles. The van der Waals surface area contributed by atoms with Gasteiger partial charge in [-0.3, -0.25) is 0 Å². The van der Waals surface area contributed by atoms with Crippen LogP contribution in [-0.2, 0) is 13.6 Å². The van der Waals surface area contributed by atoms with E-state index in [-0.39, 0.29) is 0 Å². The summed E-state index contributed by atoms with van der Waals surface area (Å²) in [4.78, 5) is 0.610. The average Bonchev–Trinajstić information content (AvgIpc) is 2.79. The summed E-state index contributed by atoms with van der Waals surface area (Å²) < 4.78 is 38.8. The molecular weight excluding hydrogens is 285 g/mol. The van der Waals surface area contributed by atoms with Crippen LogP contribution in [0.3, 0.4) is 0 Å². The highest BCUT2D eigenvalue weighted by Gasteiger charge is 2.27. The van der Waals surface area contributed by atoms with Gasteiger partial charge in [-0.1, -0.05) is 12.1 Å². The highest BCUT2D eigenvalue weighted by atomic mass is 32.2. The number of hydrogen-bond donors (Lipinski definition) is 1. The predicted octanol–water partition coefficient (Wildman–Crippen LogP) is 4.29. The van der Waals surface area contributed by atoms with Crippen molar-refractivity contribution in [1.82, 2.24) is 4.57 Å². The molecule has 0 unspecified atom stereocenters. The molecule has 1 aromatic carbocycles. The number of thioether (sulfide) groups is 1. The van der Waals surface area contributed by atoms with Crippen LogP contribution in [0, 0.1) is 0 Å². The van der Waals surface area contributed by atoms with Gasteiger partial charge in [0.05, 0.1) is 12.3 Å². The number of hydrogen-bond acceptors (Lipinski definition) is 2. The summed E-state index contributed by atoms with van der Waals surface area (Å²) in [6.07, 6.45) is -2.22. The first-order valence-electron chi connectivity index (χ1n) is 6.08. The Morgan fingerprint density at radius 1 is 1.15 bits per heavy atom. The van der Waals surface area contributed by atoms with Gasteiger partial charge in [0, 0.05) is 29.5 Å². The molecule has 0 amide bonds. The number of alkyl halides is 3. The van der Waals surface area contributed by atoms with Gasteiger partial charge in [-0.05, 0) is 24.3 Å². The van der Waals surface area contributed by atoms with Crippen molar-refractivity contribution in [3.8, 4) is 0 Å². The Morgan fingerprint density at radius 2 is 1.90 bits per heavy atom. The van der Waals surface area contributed by atoms with E-state index in [4.69, 9.17) is 0 Å². The molecule has 0 saturated heterocycles. The molecule has 2 aromatic rings. The van der Waals surface area contributed by atoms with Crippen LogP contribution in [0.15, 0.2) is 47.5 Å². The van der Waals surface area contributed by atoms with Crippen LogP contribution in [0.1, 0.15) is 5.69 Å². The number of aryl methyl sites for hydroxylation is 1. The van der Waals surface area contributed by atoms with Gasteiger partial charge in [-0.25, -0.2) is 0 Å². The molecule has 0 saturated carbocycles. The van der Waals surface area contributed by atoms with Crippen LogP contribution in [0.5, 0.6) is 0 Å². The molecule has 2 rings (SSSR count). The summed E-state index contributed by atoms with van der Waals surface area (Å²) in [5, 5.41) is 3.18. The van der Waals surface area contributed by atoms with Gasteiger partial charge in [-0.15, -0.1) is 11.8 Å². The smallest absolute Gasteiger partial charge is 0.379 e. The maximum Gasteiger partial charge on any atom is 0.398 e. The zero-order valence-electron chi connectivity index (χ0n) is 10.9. The second-order valence-corrected chi connectivity index (χ2v) is 5.38. The van der Waals surface area contributed by atoms with Crippen molar-refractivity contribution in [2.24, 2.45) is 7.05 Å². The molecule has 108 valence electrons. The van der Waals surface area contributed by atoms with Crippen molar-refractivity contribution in [1.29, 1.82) is 0 Å². The van der Waals surface area contributed by atoms with E-state index in [1.165, 1.54) is 0 Å². The van der Waals surface area contributed by atoms with E-state index in [0.29, 0.717) is 11.4 Å². The summed E-state index contributed by atoms with van der Waals surface area (Å²) >= 11 is 0.801. The van der Waals surface area contributed by atoms with Gasteiger partial charge >= 0.3 is 6.18 Å². The highest BCUT2D eigenvalue weighted by molar-refractivity contribution is 7.99. The number of anilines is 1. The molecule has 0 aliphatic carbocycles. The first-order chi connectivity index (χ1) is 9.46. The van der Waals surface area contributed by atoms with E-state index in [9.17, 15) is 13.2 Å². The molecule has 0 atom stereocenters. The minimum Gasteiger partial charge on any atom is -0.379 e. The first kappa shape index (κ1) is 14.8. The van der Waals surface area contributed by atoms with Gasteiger partial charge < -0.3 is 9.88 Å². The van der Waals surface area contributed by atoms with E-state index >= 15 is 0 Å². The summed E-state index contributed by atoms with van der Waals surface area (Å²) in [5.74, 6) is -0.879. The standard InChI is InChI=1S/C14H15F3N2S/c1-19-8-4-5-11(19)9-18-12-6-2-3-7-13(12)20-10-14(15,16)17/h2-8,18H,9-10H2,1H3. The number of rotatable bonds is 5. The van der Waals surface area contributed by atoms with E-state index in [2.05, 4.69) is 5.32 Å². The van der Waals surface area contributed by atoms with Gasteiger partial charge in [0.2, 0.25) is 0 Å². The van der Waals surface area contributed by atoms with Crippen LogP contribution >= 0.6 is 11.8 Å². The topological polar surface area (TPSA) is 17.0 Å². The molecule has 0 aliphatic heterocycles. The molecule has 1 N–H and O–H groups in total. The fourth-order valence-corrected chi connectivity index (χ4v) is 2.55. The number of halogens is 3. The maximum atomic E-state index is 12.3. The fourth-order valence-electron chi connectivity index (χ4n) is 1.76. The lowest BCUT2D eigenvalue weighted by Gasteiger charge is -2.13. The van der Waals surface area contributed by atoms with Crippen LogP contribution in [0.4, 0.5) is 18.9 Å². The Kier molecular flexibility index (Phi) is 4.65. The second kappa shape index (κ2) is 6.26. The summed E-state index contributed by atoms with van der Waals surface area (Å²) in [6.45, 7) is 0.576. The second-order valence-electron chi connectivity index (χ2n) is 4.36. The van der Waals surface area contributed by atoms with Crippen molar-refractivity contribution in [2.45, 2.75) is 17.6 Å². The molecule has 0 bridgehead atoms. The Bertz CT molecular complexity index is 564. The largest absolute Gasteiger partial charge is 0.398 e. The highest BCUT2D eigenvalue weighted by Crippen LogP contribution is 2.32. The average molecular weight is 300 g/mol. The third-order valence-corrected chi connectivity index (χ3v) is 3.93. The molecule has 0 fully saturated rings. The SMILES string of the molecule is Cn1cccc1CNc1ccccc1SCC(F)(F)F. The monoisotopic (exact) mass is 300 g/mol. The number of nitrogens with zero attached hydrogens (tertiary/aromatic N) is 1. The van der Waals surface area contributed by atoms with E-state index in [1.807, 2.05) is 36.0 Å². The third kappa shape index (κ3) is 4.23. The Labute approximate surface area is 120 Å². The Hall–Kier alpha value is -1.56. The molecule has 0 aliphatic rings. The molecule has 0 spiro atoms. The predicted molar refractivity (Wildman–Crippen MR) is 76.0 cm³/mol. The lowest BCUT2D eigenvalue weighted by Crippen LogP contribution is -2.11. The number of para-hydroxylation sites is 1.